The summed E-state index contributed by atoms with van der Waals surface area (Å²) in [6, 6.07) is 6.50. The Morgan fingerprint density at radius 3 is 2.43 bits per heavy atom. The molecule has 0 N–H and O–H groups in total. The third kappa shape index (κ3) is 2.82. The summed E-state index contributed by atoms with van der Waals surface area (Å²) >= 11 is 5.31. The Bertz CT molecular complexity index is 423. The minimum atomic E-state index is -3.55. The smallest absolute Gasteiger partial charge is 0.199 e. The molecule has 0 radical (unpaired) electrons. The van der Waals surface area contributed by atoms with Crippen LogP contribution in [0.3, 0.4) is 0 Å². The van der Waals surface area contributed by atoms with Crippen molar-refractivity contribution >= 4 is 27.8 Å². The molecule has 0 aromatic heterocycles. The second kappa shape index (κ2) is 4.57. The van der Waals surface area contributed by atoms with Gasteiger partial charge in [-0.15, -0.1) is 11.6 Å². The molecular formula is C9H10ClNO2S. The van der Waals surface area contributed by atoms with Crippen LogP contribution in [0.1, 0.15) is 5.56 Å². The fourth-order valence-electron chi connectivity index (χ4n) is 0.897. The summed E-state index contributed by atoms with van der Waals surface area (Å²) < 4.78 is 26.3. The lowest BCUT2D eigenvalue weighted by atomic mass is 10.2. The number of rotatable bonds is 3. The molecule has 0 fully saturated rings. The van der Waals surface area contributed by atoms with Crippen LogP contribution in [0.4, 0.5) is 0 Å². The maximum absolute atomic E-state index is 11.4. The van der Waals surface area contributed by atoms with Crippen molar-refractivity contribution in [2.24, 2.45) is 4.40 Å². The molecule has 0 atom stereocenters. The first-order valence-corrected chi connectivity index (χ1v) is 5.95. The molecule has 0 aliphatic heterocycles. The summed E-state index contributed by atoms with van der Waals surface area (Å²) in [6.07, 6.45) is 1.16. The van der Waals surface area contributed by atoms with Crippen molar-refractivity contribution in [2.75, 3.05) is 5.88 Å². The van der Waals surface area contributed by atoms with Crippen molar-refractivity contribution in [1.29, 1.82) is 0 Å². The van der Waals surface area contributed by atoms with Crippen LogP contribution >= 0.6 is 11.6 Å². The van der Waals surface area contributed by atoms with Crippen LogP contribution in [0.5, 0.6) is 0 Å². The van der Waals surface area contributed by atoms with Crippen molar-refractivity contribution in [3.8, 4) is 0 Å². The molecule has 1 aromatic rings. The van der Waals surface area contributed by atoms with E-state index in [1.165, 1.54) is 12.1 Å². The predicted molar refractivity (Wildman–Crippen MR) is 57.6 cm³/mol. The predicted octanol–water partition coefficient (Wildman–Crippen LogP) is 1.99. The topological polar surface area (TPSA) is 46.5 Å². The highest BCUT2D eigenvalue weighted by atomic mass is 35.5. The van der Waals surface area contributed by atoms with Crippen LogP contribution in [0.2, 0.25) is 0 Å². The van der Waals surface area contributed by atoms with Gasteiger partial charge in [-0.25, -0.2) is 0 Å². The van der Waals surface area contributed by atoms with Gasteiger partial charge in [0.05, 0.1) is 10.8 Å². The zero-order valence-electron chi connectivity index (χ0n) is 7.64. The van der Waals surface area contributed by atoms with Gasteiger partial charge in [-0.1, -0.05) is 17.7 Å². The van der Waals surface area contributed by atoms with Crippen molar-refractivity contribution in [3.05, 3.63) is 29.8 Å². The maximum Gasteiger partial charge on any atom is 0.282 e. The van der Waals surface area contributed by atoms with Gasteiger partial charge in [0.2, 0.25) is 0 Å². The van der Waals surface area contributed by atoms with E-state index in [0.29, 0.717) is 0 Å². The lowest BCUT2D eigenvalue weighted by Gasteiger charge is -1.98. The van der Waals surface area contributed by atoms with E-state index in [9.17, 15) is 8.42 Å². The summed E-state index contributed by atoms with van der Waals surface area (Å²) in [5.41, 5.74) is 1.00. The van der Waals surface area contributed by atoms with E-state index in [1.54, 1.807) is 12.1 Å². The Morgan fingerprint density at radius 1 is 1.36 bits per heavy atom. The summed E-state index contributed by atoms with van der Waals surface area (Å²) in [5.74, 6) is 0.0884. The summed E-state index contributed by atoms with van der Waals surface area (Å²) in [7, 11) is -3.55. The first-order valence-electron chi connectivity index (χ1n) is 3.98. The first kappa shape index (κ1) is 11.2. The molecule has 1 rings (SSSR count). The molecule has 0 amide bonds. The van der Waals surface area contributed by atoms with E-state index >= 15 is 0 Å². The van der Waals surface area contributed by atoms with Gasteiger partial charge >= 0.3 is 0 Å². The average Bonchev–Trinajstić information content (AvgIpc) is 2.16. The Hall–Kier alpha value is -0.870. The number of hydrogen-bond donors (Lipinski definition) is 0. The summed E-state index contributed by atoms with van der Waals surface area (Å²) in [5, 5.41) is 0. The van der Waals surface area contributed by atoms with Gasteiger partial charge < -0.3 is 0 Å². The van der Waals surface area contributed by atoms with Gasteiger partial charge in [-0.2, -0.15) is 12.8 Å². The summed E-state index contributed by atoms with van der Waals surface area (Å²) in [6.45, 7) is 1.89. The Morgan fingerprint density at radius 2 is 1.93 bits per heavy atom. The molecule has 0 unspecified atom stereocenters. The van der Waals surface area contributed by atoms with Crippen molar-refractivity contribution < 1.29 is 8.42 Å². The van der Waals surface area contributed by atoms with Crippen LogP contribution in [-0.2, 0) is 10.0 Å². The van der Waals surface area contributed by atoms with Crippen molar-refractivity contribution in [3.63, 3.8) is 0 Å². The number of aryl methyl sites for hydroxylation is 1. The second-order valence-corrected chi connectivity index (χ2v) is 4.67. The molecule has 1 aromatic carbocycles. The third-order valence-corrected chi connectivity index (χ3v) is 3.03. The van der Waals surface area contributed by atoms with E-state index < -0.39 is 10.0 Å². The van der Waals surface area contributed by atoms with Crippen molar-refractivity contribution in [1.82, 2.24) is 0 Å². The minimum absolute atomic E-state index is 0.0884. The normalized spacial score (nSPS) is 12.1. The van der Waals surface area contributed by atoms with Gasteiger partial charge in [0.25, 0.3) is 10.0 Å². The lowest BCUT2D eigenvalue weighted by Crippen LogP contribution is -1.97. The van der Waals surface area contributed by atoms with Crippen LogP contribution in [0, 0.1) is 6.92 Å². The molecule has 0 spiro atoms. The SMILES string of the molecule is Cc1ccc(S(=O)(=O)/N=C\CCl)cc1. The van der Waals surface area contributed by atoms with Crippen LogP contribution < -0.4 is 0 Å². The van der Waals surface area contributed by atoms with E-state index in [2.05, 4.69) is 4.40 Å². The third-order valence-electron chi connectivity index (χ3n) is 1.60. The highest BCUT2D eigenvalue weighted by Gasteiger charge is 2.09. The highest BCUT2D eigenvalue weighted by molar-refractivity contribution is 7.90. The van der Waals surface area contributed by atoms with Crippen LogP contribution in [-0.4, -0.2) is 20.5 Å². The fourth-order valence-corrected chi connectivity index (χ4v) is 1.92. The van der Waals surface area contributed by atoms with Crippen molar-refractivity contribution in [2.45, 2.75) is 11.8 Å². The minimum Gasteiger partial charge on any atom is -0.199 e. The van der Waals surface area contributed by atoms with E-state index in [4.69, 9.17) is 11.6 Å². The Balaban J connectivity index is 3.05. The monoisotopic (exact) mass is 231 g/mol. The molecule has 3 nitrogen and oxygen atoms in total. The number of benzene rings is 1. The van der Waals surface area contributed by atoms with Crippen LogP contribution in [0.15, 0.2) is 33.6 Å². The van der Waals surface area contributed by atoms with Gasteiger partial charge in [0.15, 0.2) is 0 Å². The fraction of sp³-hybridized carbons (Fsp3) is 0.222. The highest BCUT2D eigenvalue weighted by Crippen LogP contribution is 2.12. The zero-order valence-corrected chi connectivity index (χ0v) is 9.22. The van der Waals surface area contributed by atoms with Gasteiger partial charge in [-0.05, 0) is 19.1 Å². The molecule has 5 heteroatoms. The molecule has 0 heterocycles. The summed E-state index contributed by atoms with van der Waals surface area (Å²) in [4.78, 5) is 0.185. The van der Waals surface area contributed by atoms with E-state index in [1.807, 2.05) is 6.92 Å². The molecule has 0 bridgehead atoms. The van der Waals surface area contributed by atoms with E-state index in [-0.39, 0.29) is 10.8 Å². The Kier molecular flexibility index (Phi) is 3.66. The maximum atomic E-state index is 11.4. The number of halogens is 1. The zero-order chi connectivity index (χ0) is 10.6. The molecular weight excluding hydrogens is 222 g/mol. The molecule has 0 aliphatic rings. The van der Waals surface area contributed by atoms with Crippen LogP contribution in [0.25, 0.3) is 0 Å². The lowest BCUT2D eigenvalue weighted by molar-refractivity contribution is 0.598. The molecule has 0 saturated carbocycles. The Labute approximate surface area is 88.5 Å². The number of alkyl halides is 1. The van der Waals surface area contributed by atoms with Gasteiger partial charge in [0, 0.05) is 6.21 Å². The molecule has 0 saturated heterocycles. The first-order chi connectivity index (χ1) is 6.56. The van der Waals surface area contributed by atoms with Gasteiger partial charge in [0.1, 0.15) is 0 Å². The standard InChI is InChI=1S/C9H10ClNO2S/c1-8-2-4-9(5-3-8)14(12,13)11-7-6-10/h2-5,7H,6H2,1H3/b11-7-. The number of nitrogens with zero attached hydrogens (tertiary/aromatic N) is 1. The second-order valence-electron chi connectivity index (χ2n) is 2.73. The largest absolute Gasteiger partial charge is 0.282 e. The number of sulfonamides is 1. The molecule has 0 aliphatic carbocycles. The molecule has 14 heavy (non-hydrogen) atoms. The van der Waals surface area contributed by atoms with Gasteiger partial charge in [-0.3, -0.25) is 0 Å². The van der Waals surface area contributed by atoms with E-state index in [0.717, 1.165) is 11.8 Å². The average molecular weight is 232 g/mol. The molecule has 76 valence electrons. The number of hydrogen-bond acceptors (Lipinski definition) is 2. The quantitative estimate of drug-likeness (QED) is 0.590.